The number of halogens is 2. The number of likely N-dealkylation sites (N-methyl/N-ethyl adjacent to an activating group) is 1. The van der Waals surface area contributed by atoms with Crippen LogP contribution in [0.15, 0.2) is 42.5 Å². The average Bonchev–Trinajstić information content (AvgIpc) is 3.31. The van der Waals surface area contributed by atoms with E-state index < -0.39 is 42.0 Å². The molecule has 1 aliphatic carbocycles. The number of hydrogen-bond acceptors (Lipinski definition) is 4. The van der Waals surface area contributed by atoms with Gasteiger partial charge in [-0.25, -0.2) is 8.78 Å². The molecule has 2 unspecified atom stereocenters. The number of carbonyl (C=O) groups is 3. The van der Waals surface area contributed by atoms with E-state index in [1.807, 2.05) is 49.7 Å². The zero-order valence-corrected chi connectivity index (χ0v) is 25.7. The molecule has 2 aliphatic heterocycles. The first-order valence-corrected chi connectivity index (χ1v) is 15.0. The lowest BCUT2D eigenvalue weighted by molar-refractivity contribution is -0.138. The van der Waals surface area contributed by atoms with Gasteiger partial charge in [0.15, 0.2) is 11.6 Å². The fourth-order valence-electron chi connectivity index (χ4n) is 7.62. The Morgan fingerprint density at radius 2 is 1.77 bits per heavy atom. The van der Waals surface area contributed by atoms with E-state index in [4.69, 9.17) is 0 Å². The van der Waals surface area contributed by atoms with E-state index in [2.05, 4.69) is 24.1 Å². The average molecular weight is 605 g/mol. The fourth-order valence-corrected chi connectivity index (χ4v) is 7.62. The Balaban J connectivity index is 1.34. The molecule has 0 bridgehead atoms. The molecule has 2 fully saturated rings. The number of piperidine rings is 1. The highest BCUT2D eigenvalue weighted by Crippen LogP contribution is 2.65. The molecule has 0 spiro atoms. The summed E-state index contributed by atoms with van der Waals surface area (Å²) in [6, 6.07) is 9.61. The number of carboxylic acid groups (broad SMARTS) is 1. The molecule has 2 N–H and O–H groups in total. The Morgan fingerprint density at radius 1 is 1.07 bits per heavy atom. The lowest BCUT2D eigenvalue weighted by Crippen LogP contribution is -2.51. The van der Waals surface area contributed by atoms with Crippen LogP contribution in [-0.2, 0) is 22.7 Å². The van der Waals surface area contributed by atoms with Crippen molar-refractivity contribution in [2.24, 2.45) is 17.3 Å². The highest BCUT2D eigenvalue weighted by molar-refractivity contribution is 5.98. The van der Waals surface area contributed by atoms with Gasteiger partial charge in [-0.2, -0.15) is 0 Å². The van der Waals surface area contributed by atoms with Crippen molar-refractivity contribution in [2.45, 2.75) is 59.3 Å². The molecule has 3 aliphatic rings. The second kappa shape index (κ2) is 10.8. The Labute approximate surface area is 255 Å². The van der Waals surface area contributed by atoms with Crippen molar-refractivity contribution in [1.82, 2.24) is 19.7 Å². The van der Waals surface area contributed by atoms with E-state index >= 15 is 8.78 Å². The van der Waals surface area contributed by atoms with E-state index in [0.29, 0.717) is 29.9 Å². The van der Waals surface area contributed by atoms with Gasteiger partial charge in [-0.15, -0.1) is 0 Å². The van der Waals surface area contributed by atoms with Gasteiger partial charge in [-0.3, -0.25) is 19.3 Å². The van der Waals surface area contributed by atoms with E-state index in [1.165, 1.54) is 6.07 Å². The molecule has 3 aromatic rings. The van der Waals surface area contributed by atoms with E-state index in [9.17, 15) is 19.5 Å². The molecule has 8 nitrogen and oxygen atoms in total. The van der Waals surface area contributed by atoms with Gasteiger partial charge in [0, 0.05) is 37.4 Å². The van der Waals surface area contributed by atoms with Gasteiger partial charge in [-0.05, 0) is 84.7 Å². The lowest BCUT2D eigenvalue weighted by atomic mass is 9.92. The maximum absolute atomic E-state index is 15.4. The Morgan fingerprint density at radius 3 is 2.45 bits per heavy atom. The molecule has 2 amide bonds. The number of aromatic nitrogens is 1. The van der Waals surface area contributed by atoms with Crippen molar-refractivity contribution < 1.29 is 28.3 Å². The van der Waals surface area contributed by atoms with E-state index in [1.54, 1.807) is 11.0 Å². The van der Waals surface area contributed by atoms with Crippen molar-refractivity contribution in [3.8, 4) is 11.1 Å². The number of aliphatic carboxylic acids is 1. The summed E-state index contributed by atoms with van der Waals surface area (Å²) < 4.78 is 32.5. The number of amides is 2. The number of fused-ring (bicyclic) bond motifs is 2. The second-order valence-corrected chi connectivity index (χ2v) is 13.2. The van der Waals surface area contributed by atoms with Crippen molar-refractivity contribution in [1.29, 1.82) is 0 Å². The predicted octanol–water partition coefficient (Wildman–Crippen LogP) is 4.92. The summed E-state index contributed by atoms with van der Waals surface area (Å²) in [5.74, 6) is -4.47. The van der Waals surface area contributed by atoms with Gasteiger partial charge < -0.3 is 19.9 Å². The van der Waals surface area contributed by atoms with Crippen LogP contribution in [0.2, 0.25) is 0 Å². The minimum absolute atomic E-state index is 0.101. The number of rotatable bonds is 7. The number of carboxylic acids is 1. The molecule has 6 rings (SSSR count). The normalized spacial score (nSPS) is 22.7. The number of nitrogens with zero attached hydrogens (tertiary/aromatic N) is 3. The standard InChI is InChI=1S/C34H38F2N4O4/c1-18-7-6-8-19(2)28(18)20-13-22(30(36)24(35)14-20)25(15-27(41)42)37-32(43)31-29-23(34(29,3)4)17-40(31)33(44)26-10-9-21-16-38(5)11-12-39(21)26/h6-10,13-14,23,25,29,31H,11-12,15-17H2,1-5H3,(H,37,43)(H,41,42)/t23?,25-,29?,31-/m0/s1. The Bertz CT molecular complexity index is 1660. The molecule has 3 heterocycles. The molecule has 1 saturated carbocycles. The quantitative estimate of drug-likeness (QED) is 0.399. The summed E-state index contributed by atoms with van der Waals surface area (Å²) in [6.45, 7) is 10.4. The number of nitrogens with one attached hydrogen (secondary N) is 1. The second-order valence-electron chi connectivity index (χ2n) is 13.2. The van der Waals surface area contributed by atoms with Gasteiger partial charge in [0.2, 0.25) is 5.91 Å². The van der Waals surface area contributed by atoms with Crippen molar-refractivity contribution in [3.63, 3.8) is 0 Å². The summed E-state index contributed by atoms with van der Waals surface area (Å²) >= 11 is 0. The van der Waals surface area contributed by atoms with E-state index in [0.717, 1.165) is 36.0 Å². The van der Waals surface area contributed by atoms with E-state index in [-0.39, 0.29) is 28.7 Å². The third-order valence-corrected chi connectivity index (χ3v) is 10.1. The first-order valence-electron chi connectivity index (χ1n) is 15.0. The first kappa shape index (κ1) is 30.0. The first-order chi connectivity index (χ1) is 20.8. The highest BCUT2D eigenvalue weighted by atomic mass is 19.2. The third kappa shape index (κ3) is 4.99. The van der Waals surface area contributed by atoms with Crippen LogP contribution < -0.4 is 5.32 Å². The largest absolute Gasteiger partial charge is 0.481 e. The molecule has 4 atom stereocenters. The van der Waals surface area contributed by atoms with Crippen molar-refractivity contribution in [3.05, 3.63) is 82.2 Å². The molecular formula is C34H38F2N4O4. The van der Waals surface area contributed by atoms with Gasteiger partial charge in [0.25, 0.3) is 5.91 Å². The molecule has 2 aromatic carbocycles. The Kier molecular flexibility index (Phi) is 7.39. The van der Waals surface area contributed by atoms with Gasteiger partial charge in [0.1, 0.15) is 11.7 Å². The zero-order chi connectivity index (χ0) is 31.7. The molecule has 1 aromatic heterocycles. The summed E-state index contributed by atoms with van der Waals surface area (Å²) in [7, 11) is 2.02. The lowest BCUT2D eigenvalue weighted by Gasteiger charge is -2.32. The summed E-state index contributed by atoms with van der Waals surface area (Å²) in [4.78, 5) is 43.8. The minimum Gasteiger partial charge on any atom is -0.481 e. The number of benzene rings is 2. The van der Waals surface area contributed by atoms with Crippen LogP contribution in [0.5, 0.6) is 0 Å². The van der Waals surface area contributed by atoms with Crippen LogP contribution in [0, 0.1) is 42.7 Å². The SMILES string of the molecule is Cc1cccc(C)c1-c1cc(F)c(F)c([C@H](CC(=O)O)NC(=O)[C@@H]2C3C(CN2C(=O)c2ccc4n2CCN(C)C4)C3(C)C)c1. The van der Waals surface area contributed by atoms with Crippen LogP contribution in [0.25, 0.3) is 11.1 Å². The summed E-state index contributed by atoms with van der Waals surface area (Å²) in [5, 5.41) is 12.5. The molecule has 1 saturated heterocycles. The molecule has 10 heteroatoms. The monoisotopic (exact) mass is 604 g/mol. The zero-order valence-electron chi connectivity index (χ0n) is 25.7. The summed E-state index contributed by atoms with van der Waals surface area (Å²) in [5.41, 5.74) is 3.91. The maximum atomic E-state index is 15.4. The van der Waals surface area contributed by atoms with Crippen LogP contribution in [0.3, 0.4) is 0 Å². The van der Waals surface area contributed by atoms with Crippen LogP contribution >= 0.6 is 0 Å². The van der Waals surface area contributed by atoms with Gasteiger partial charge in [0.05, 0.1) is 12.5 Å². The maximum Gasteiger partial charge on any atom is 0.305 e. The van der Waals surface area contributed by atoms with Crippen LogP contribution in [-0.4, -0.2) is 63.4 Å². The smallest absolute Gasteiger partial charge is 0.305 e. The van der Waals surface area contributed by atoms with Crippen molar-refractivity contribution >= 4 is 17.8 Å². The number of likely N-dealkylation sites (tertiary alicyclic amines) is 1. The highest BCUT2D eigenvalue weighted by Gasteiger charge is 2.69. The summed E-state index contributed by atoms with van der Waals surface area (Å²) in [6.07, 6.45) is -0.657. The third-order valence-electron chi connectivity index (χ3n) is 10.1. The molecule has 232 valence electrons. The van der Waals surface area contributed by atoms with Crippen LogP contribution in [0.1, 0.15) is 59.2 Å². The van der Waals surface area contributed by atoms with Crippen molar-refractivity contribution in [2.75, 3.05) is 20.1 Å². The van der Waals surface area contributed by atoms with Gasteiger partial charge in [-0.1, -0.05) is 32.0 Å². The van der Waals surface area contributed by atoms with Crippen LogP contribution in [0.4, 0.5) is 8.78 Å². The molecule has 0 radical (unpaired) electrons. The van der Waals surface area contributed by atoms with Gasteiger partial charge >= 0.3 is 5.97 Å². The minimum atomic E-state index is -1.35. The molecular weight excluding hydrogens is 566 g/mol. The number of carbonyl (C=O) groups excluding carboxylic acids is 2. The fraction of sp³-hybridized carbons (Fsp3) is 0.441. The Hall–Kier alpha value is -4.05. The topological polar surface area (TPSA) is 94.9 Å². The molecule has 44 heavy (non-hydrogen) atoms. The number of hydrogen-bond donors (Lipinski definition) is 2. The predicted molar refractivity (Wildman–Crippen MR) is 161 cm³/mol. The number of aryl methyl sites for hydroxylation is 2.